The number of ether oxygens (including phenoxy) is 1. The van der Waals surface area contributed by atoms with Crippen LogP contribution in [-0.4, -0.2) is 35.8 Å². The molecule has 1 atom stereocenters. The van der Waals surface area contributed by atoms with Crippen LogP contribution in [0.25, 0.3) is 22.4 Å². The van der Waals surface area contributed by atoms with Gasteiger partial charge in [0.1, 0.15) is 0 Å². The van der Waals surface area contributed by atoms with E-state index in [2.05, 4.69) is 35.4 Å². The Morgan fingerprint density at radius 1 is 1.35 bits per heavy atom. The highest BCUT2D eigenvalue weighted by molar-refractivity contribution is 7.12. The van der Waals surface area contributed by atoms with Gasteiger partial charge in [-0.25, -0.2) is 4.98 Å². The van der Waals surface area contributed by atoms with E-state index in [1.807, 2.05) is 19.9 Å². The Kier molecular flexibility index (Phi) is 5.38. The predicted octanol–water partition coefficient (Wildman–Crippen LogP) is 4.03. The minimum absolute atomic E-state index is 0.000547. The summed E-state index contributed by atoms with van der Waals surface area (Å²) in [5, 5.41) is 7.68. The molecule has 6 nitrogen and oxygen atoms in total. The Morgan fingerprint density at radius 3 is 2.77 bits per heavy atom. The monoisotopic (exact) mass is 373 g/mol. The van der Waals surface area contributed by atoms with Crippen molar-refractivity contribution in [2.24, 2.45) is 0 Å². The molecule has 1 unspecified atom stereocenters. The molecule has 0 aromatic carbocycles. The van der Waals surface area contributed by atoms with Gasteiger partial charge in [-0.1, -0.05) is 5.16 Å². The lowest BCUT2D eigenvalue weighted by Crippen LogP contribution is -2.33. The lowest BCUT2D eigenvalue weighted by Gasteiger charge is -2.14. The number of thiophene rings is 1. The van der Waals surface area contributed by atoms with Crippen molar-refractivity contribution >= 4 is 28.3 Å². The molecule has 0 spiro atoms. The number of nitrogens with zero attached hydrogens (tertiary/aromatic N) is 2. The van der Waals surface area contributed by atoms with Gasteiger partial charge in [0, 0.05) is 35.1 Å². The molecule has 0 aliphatic heterocycles. The summed E-state index contributed by atoms with van der Waals surface area (Å²) in [4.78, 5) is 19.9. The lowest BCUT2D eigenvalue weighted by molar-refractivity contribution is 0.0931. The number of pyridine rings is 1. The smallest absolute Gasteiger partial charge is 0.259 e. The second kappa shape index (κ2) is 7.55. The average Bonchev–Trinajstić information content (AvgIpc) is 3.14. The molecule has 0 radical (unpaired) electrons. The van der Waals surface area contributed by atoms with E-state index in [4.69, 9.17) is 9.26 Å². The summed E-state index contributed by atoms with van der Waals surface area (Å²) in [5.74, 6) is -0.154. The van der Waals surface area contributed by atoms with Crippen molar-refractivity contribution < 1.29 is 14.1 Å². The van der Waals surface area contributed by atoms with Crippen molar-refractivity contribution in [2.45, 2.75) is 40.2 Å². The van der Waals surface area contributed by atoms with E-state index in [1.165, 1.54) is 4.88 Å². The largest absolute Gasteiger partial charge is 0.385 e. The molecular weight excluding hydrogens is 350 g/mol. The predicted molar refractivity (Wildman–Crippen MR) is 103 cm³/mol. The summed E-state index contributed by atoms with van der Waals surface area (Å²) in [7, 11) is 1.65. The summed E-state index contributed by atoms with van der Waals surface area (Å²) < 4.78 is 10.4. The van der Waals surface area contributed by atoms with Gasteiger partial charge in [0.05, 0.1) is 22.3 Å². The van der Waals surface area contributed by atoms with Gasteiger partial charge >= 0.3 is 0 Å². The van der Waals surface area contributed by atoms with E-state index in [0.29, 0.717) is 29.0 Å². The molecular formula is C19H23N3O3S. The number of amides is 1. The number of methoxy groups -OCH3 is 1. The standard InChI is InChI=1S/C19H23N3O3S/c1-10(6-7-24-5)20-18(23)15-9-16(14-8-11(2)26-13(14)4)21-19-17(15)12(3)22-25-19/h8-10H,6-7H2,1-5H3,(H,20,23). The molecule has 0 saturated heterocycles. The first-order valence-corrected chi connectivity index (χ1v) is 9.36. The molecule has 1 N–H and O–H groups in total. The first-order chi connectivity index (χ1) is 12.4. The van der Waals surface area contributed by atoms with E-state index in [9.17, 15) is 4.79 Å². The van der Waals surface area contributed by atoms with Gasteiger partial charge in [-0.3, -0.25) is 4.79 Å². The van der Waals surface area contributed by atoms with Gasteiger partial charge < -0.3 is 14.6 Å². The third kappa shape index (κ3) is 3.64. The maximum absolute atomic E-state index is 12.9. The zero-order chi connectivity index (χ0) is 18.8. The first-order valence-electron chi connectivity index (χ1n) is 8.55. The molecule has 0 aliphatic carbocycles. The highest BCUT2D eigenvalue weighted by Crippen LogP contribution is 2.32. The van der Waals surface area contributed by atoms with Crippen LogP contribution in [0.2, 0.25) is 0 Å². The highest BCUT2D eigenvalue weighted by Gasteiger charge is 2.21. The number of hydrogen-bond acceptors (Lipinski definition) is 6. The summed E-state index contributed by atoms with van der Waals surface area (Å²) in [5.41, 5.74) is 3.33. The molecule has 0 fully saturated rings. The SMILES string of the molecule is COCCC(C)NC(=O)c1cc(-c2cc(C)sc2C)nc2onc(C)c12. The fourth-order valence-corrected chi connectivity index (χ4v) is 3.90. The highest BCUT2D eigenvalue weighted by atomic mass is 32.1. The molecule has 1 amide bonds. The molecule has 7 heteroatoms. The molecule has 138 valence electrons. The maximum Gasteiger partial charge on any atom is 0.259 e. The van der Waals surface area contributed by atoms with Crippen LogP contribution in [0.3, 0.4) is 0 Å². The fourth-order valence-electron chi connectivity index (χ4n) is 2.97. The number of hydrogen-bond donors (Lipinski definition) is 1. The second-order valence-electron chi connectivity index (χ2n) is 6.49. The fraction of sp³-hybridized carbons (Fsp3) is 0.421. The van der Waals surface area contributed by atoms with Crippen LogP contribution in [0, 0.1) is 20.8 Å². The number of aromatic nitrogens is 2. The molecule has 0 aliphatic rings. The first kappa shape index (κ1) is 18.5. The van der Waals surface area contributed by atoms with E-state index in [1.54, 1.807) is 18.4 Å². The van der Waals surface area contributed by atoms with E-state index >= 15 is 0 Å². The molecule has 0 saturated carbocycles. The maximum atomic E-state index is 12.9. The van der Waals surface area contributed by atoms with Gasteiger partial charge in [-0.05, 0) is 46.2 Å². The van der Waals surface area contributed by atoms with Crippen LogP contribution < -0.4 is 5.32 Å². The van der Waals surface area contributed by atoms with Gasteiger partial charge in [0.25, 0.3) is 11.6 Å². The van der Waals surface area contributed by atoms with Crippen molar-refractivity contribution in [3.63, 3.8) is 0 Å². The number of carbonyl (C=O) groups excluding carboxylic acids is 1. The molecule has 0 bridgehead atoms. The van der Waals surface area contributed by atoms with Crippen LogP contribution in [0.15, 0.2) is 16.7 Å². The minimum Gasteiger partial charge on any atom is -0.385 e. The molecule has 3 rings (SSSR count). The molecule has 3 aromatic heterocycles. The van der Waals surface area contributed by atoms with Gasteiger partial charge in [0.15, 0.2) is 0 Å². The van der Waals surface area contributed by atoms with Crippen LogP contribution in [-0.2, 0) is 4.74 Å². The van der Waals surface area contributed by atoms with Crippen LogP contribution in [0.4, 0.5) is 0 Å². The average molecular weight is 373 g/mol. The second-order valence-corrected chi connectivity index (χ2v) is 7.95. The van der Waals surface area contributed by atoms with E-state index < -0.39 is 0 Å². The summed E-state index contributed by atoms with van der Waals surface area (Å²) in [6.07, 6.45) is 0.745. The minimum atomic E-state index is -0.154. The van der Waals surface area contributed by atoms with Crippen LogP contribution in [0.1, 0.15) is 39.2 Å². The van der Waals surface area contributed by atoms with Crippen LogP contribution >= 0.6 is 11.3 Å². The summed E-state index contributed by atoms with van der Waals surface area (Å²) in [6, 6.07) is 3.92. The van der Waals surface area contributed by atoms with Crippen molar-refractivity contribution in [3.05, 3.63) is 33.1 Å². The van der Waals surface area contributed by atoms with Crippen molar-refractivity contribution in [1.29, 1.82) is 0 Å². The third-order valence-corrected chi connectivity index (χ3v) is 5.28. The number of rotatable bonds is 6. The van der Waals surface area contributed by atoms with Crippen molar-refractivity contribution in [3.8, 4) is 11.3 Å². The Bertz CT molecular complexity index is 945. The Balaban J connectivity index is 2.04. The zero-order valence-corrected chi connectivity index (χ0v) is 16.5. The lowest BCUT2D eigenvalue weighted by atomic mass is 10.0. The number of carbonyl (C=O) groups is 1. The Hall–Kier alpha value is -2.25. The summed E-state index contributed by atoms with van der Waals surface area (Å²) in [6.45, 7) is 8.49. The van der Waals surface area contributed by atoms with E-state index in [-0.39, 0.29) is 11.9 Å². The molecule has 26 heavy (non-hydrogen) atoms. The van der Waals surface area contributed by atoms with Gasteiger partial charge in [-0.15, -0.1) is 11.3 Å². The zero-order valence-electron chi connectivity index (χ0n) is 15.7. The normalized spacial score (nSPS) is 12.5. The Labute approximate surface area is 156 Å². The molecule has 3 aromatic rings. The van der Waals surface area contributed by atoms with Crippen molar-refractivity contribution in [1.82, 2.24) is 15.5 Å². The quantitative estimate of drug-likeness (QED) is 0.706. The van der Waals surface area contributed by atoms with Gasteiger partial charge in [0.2, 0.25) is 0 Å². The topological polar surface area (TPSA) is 77.2 Å². The summed E-state index contributed by atoms with van der Waals surface area (Å²) >= 11 is 1.71. The van der Waals surface area contributed by atoms with Gasteiger partial charge in [-0.2, -0.15) is 0 Å². The van der Waals surface area contributed by atoms with E-state index in [0.717, 1.165) is 22.6 Å². The number of aryl methyl sites for hydroxylation is 3. The van der Waals surface area contributed by atoms with Crippen LogP contribution in [0.5, 0.6) is 0 Å². The van der Waals surface area contributed by atoms with Crippen molar-refractivity contribution in [2.75, 3.05) is 13.7 Å². The number of fused-ring (bicyclic) bond motifs is 1. The molecule has 3 heterocycles. The third-order valence-electron chi connectivity index (χ3n) is 4.31. The Morgan fingerprint density at radius 2 is 2.12 bits per heavy atom. The number of nitrogens with one attached hydrogen (secondary N) is 1.